The molecule has 0 unspecified atom stereocenters. The van der Waals surface area contributed by atoms with Crippen LogP contribution in [-0.2, 0) is 6.42 Å². The molecule has 0 amide bonds. The summed E-state index contributed by atoms with van der Waals surface area (Å²) in [6.07, 6.45) is 2.30. The first-order chi connectivity index (χ1) is 5.29. The predicted octanol–water partition coefficient (Wildman–Crippen LogP) is 2.36. The highest BCUT2D eigenvalue weighted by Crippen LogP contribution is 2.30. The van der Waals surface area contributed by atoms with E-state index in [-0.39, 0.29) is 12.4 Å². The van der Waals surface area contributed by atoms with Gasteiger partial charge in [-0.1, -0.05) is 18.2 Å². The third-order valence-corrected chi connectivity index (χ3v) is 2.55. The Kier molecular flexibility index (Phi) is 2.76. The van der Waals surface area contributed by atoms with Gasteiger partial charge in [-0.15, -0.1) is 12.4 Å². The van der Waals surface area contributed by atoms with Crippen molar-refractivity contribution in [2.45, 2.75) is 25.8 Å². The van der Waals surface area contributed by atoms with Crippen molar-refractivity contribution in [1.29, 1.82) is 0 Å². The van der Waals surface area contributed by atoms with E-state index in [1.165, 1.54) is 23.1 Å². The normalized spacial score (nSPS) is 20.0. The molecule has 0 radical (unpaired) electrons. The average Bonchev–Trinajstić information content (AvgIpc) is 2.35. The molecule has 1 aliphatic carbocycles. The molecule has 0 bridgehead atoms. The van der Waals surface area contributed by atoms with E-state index in [0.29, 0.717) is 6.04 Å². The van der Waals surface area contributed by atoms with Crippen molar-refractivity contribution in [2.24, 2.45) is 5.73 Å². The smallest absolute Gasteiger partial charge is 0.0300 e. The molecule has 1 aromatic rings. The van der Waals surface area contributed by atoms with E-state index in [1.807, 2.05) is 0 Å². The molecule has 0 aliphatic heterocycles. The molecule has 2 heteroatoms. The van der Waals surface area contributed by atoms with Crippen molar-refractivity contribution in [3.63, 3.8) is 0 Å². The van der Waals surface area contributed by atoms with Gasteiger partial charge in [0.2, 0.25) is 0 Å². The molecule has 0 saturated heterocycles. The number of nitrogens with two attached hydrogens (primary N) is 1. The lowest BCUT2D eigenvalue weighted by Gasteiger charge is -2.05. The van der Waals surface area contributed by atoms with Crippen LogP contribution in [0, 0.1) is 6.92 Å². The van der Waals surface area contributed by atoms with Crippen molar-refractivity contribution >= 4 is 12.4 Å². The fraction of sp³-hybridized carbons (Fsp3) is 0.400. The van der Waals surface area contributed by atoms with Crippen molar-refractivity contribution in [1.82, 2.24) is 0 Å². The lowest BCUT2D eigenvalue weighted by Crippen LogP contribution is -2.04. The second kappa shape index (κ2) is 3.46. The Morgan fingerprint density at radius 1 is 1.42 bits per heavy atom. The zero-order valence-corrected chi connectivity index (χ0v) is 8.03. The first-order valence-corrected chi connectivity index (χ1v) is 4.13. The Morgan fingerprint density at radius 2 is 2.17 bits per heavy atom. The van der Waals surface area contributed by atoms with E-state index in [9.17, 15) is 0 Å². The Balaban J connectivity index is 0.000000720. The largest absolute Gasteiger partial charge is 0.324 e. The van der Waals surface area contributed by atoms with Crippen LogP contribution in [0.4, 0.5) is 0 Å². The number of rotatable bonds is 0. The first kappa shape index (κ1) is 9.56. The molecule has 0 spiro atoms. The third kappa shape index (κ3) is 1.35. The Hall–Kier alpha value is -0.530. The highest BCUT2D eigenvalue weighted by molar-refractivity contribution is 5.85. The molecule has 1 atom stereocenters. The second-order valence-corrected chi connectivity index (χ2v) is 3.29. The molecule has 2 N–H and O–H groups in total. The molecule has 2 rings (SSSR count). The Labute approximate surface area is 79.4 Å². The zero-order valence-electron chi connectivity index (χ0n) is 7.21. The van der Waals surface area contributed by atoms with Gasteiger partial charge in [0.15, 0.2) is 0 Å². The van der Waals surface area contributed by atoms with E-state index >= 15 is 0 Å². The number of aryl methyl sites for hydroxylation is 1. The highest BCUT2D eigenvalue weighted by atomic mass is 35.5. The van der Waals surface area contributed by atoms with Gasteiger partial charge < -0.3 is 5.73 Å². The van der Waals surface area contributed by atoms with Gasteiger partial charge in [0, 0.05) is 6.04 Å². The molecule has 0 fully saturated rings. The number of benzene rings is 1. The molecule has 66 valence electrons. The summed E-state index contributed by atoms with van der Waals surface area (Å²) in [7, 11) is 0. The molecule has 1 nitrogen and oxygen atoms in total. The van der Waals surface area contributed by atoms with Crippen LogP contribution < -0.4 is 5.73 Å². The molecule has 12 heavy (non-hydrogen) atoms. The number of fused-ring (bicyclic) bond motifs is 1. The van der Waals surface area contributed by atoms with Crippen LogP contribution in [0.2, 0.25) is 0 Å². The van der Waals surface area contributed by atoms with Crippen LogP contribution in [0.15, 0.2) is 18.2 Å². The molecule has 0 saturated carbocycles. The molecular weight excluding hydrogens is 170 g/mol. The van der Waals surface area contributed by atoms with Gasteiger partial charge in [0.25, 0.3) is 0 Å². The summed E-state index contributed by atoms with van der Waals surface area (Å²) in [5.74, 6) is 0. The maximum atomic E-state index is 5.92. The van der Waals surface area contributed by atoms with Crippen molar-refractivity contribution in [2.75, 3.05) is 0 Å². The van der Waals surface area contributed by atoms with Crippen LogP contribution in [-0.4, -0.2) is 0 Å². The summed E-state index contributed by atoms with van der Waals surface area (Å²) in [6, 6.07) is 6.71. The molecule has 1 aliphatic rings. The van der Waals surface area contributed by atoms with Crippen LogP contribution in [0.25, 0.3) is 0 Å². The van der Waals surface area contributed by atoms with Gasteiger partial charge >= 0.3 is 0 Å². The quantitative estimate of drug-likeness (QED) is 0.657. The predicted molar refractivity (Wildman–Crippen MR) is 53.7 cm³/mol. The van der Waals surface area contributed by atoms with Crippen LogP contribution in [0.1, 0.15) is 29.2 Å². The standard InChI is InChI=1S/C10H13N.ClH/c1-7-3-2-4-9-8(7)5-6-10(9)11;/h2-4,10H,5-6,11H2,1H3;1H/t10-;/m1./s1. The van der Waals surface area contributed by atoms with Gasteiger partial charge in [0.05, 0.1) is 0 Å². The molecule has 0 aromatic heterocycles. The van der Waals surface area contributed by atoms with Gasteiger partial charge in [-0.05, 0) is 36.5 Å². The third-order valence-electron chi connectivity index (χ3n) is 2.55. The number of hydrogen-bond acceptors (Lipinski definition) is 1. The van der Waals surface area contributed by atoms with E-state index in [1.54, 1.807) is 0 Å². The van der Waals surface area contributed by atoms with E-state index in [0.717, 1.165) is 6.42 Å². The van der Waals surface area contributed by atoms with E-state index < -0.39 is 0 Å². The highest BCUT2D eigenvalue weighted by Gasteiger charge is 2.19. The maximum absolute atomic E-state index is 5.92. The van der Waals surface area contributed by atoms with E-state index in [4.69, 9.17) is 5.73 Å². The van der Waals surface area contributed by atoms with E-state index in [2.05, 4.69) is 25.1 Å². The summed E-state index contributed by atoms with van der Waals surface area (Å²) in [4.78, 5) is 0. The summed E-state index contributed by atoms with van der Waals surface area (Å²) < 4.78 is 0. The van der Waals surface area contributed by atoms with Crippen molar-refractivity contribution < 1.29 is 0 Å². The zero-order chi connectivity index (χ0) is 7.84. The first-order valence-electron chi connectivity index (χ1n) is 4.13. The average molecular weight is 184 g/mol. The van der Waals surface area contributed by atoms with Crippen LogP contribution >= 0.6 is 12.4 Å². The minimum atomic E-state index is 0. The second-order valence-electron chi connectivity index (χ2n) is 3.29. The van der Waals surface area contributed by atoms with Gasteiger partial charge in [0.1, 0.15) is 0 Å². The molecular formula is C10H14ClN. The van der Waals surface area contributed by atoms with Crippen molar-refractivity contribution in [3.05, 3.63) is 34.9 Å². The van der Waals surface area contributed by atoms with Crippen molar-refractivity contribution in [3.8, 4) is 0 Å². The summed E-state index contributed by atoms with van der Waals surface area (Å²) in [5, 5.41) is 0. The topological polar surface area (TPSA) is 26.0 Å². The lowest BCUT2D eigenvalue weighted by atomic mass is 10.0. The SMILES string of the molecule is Cc1cccc2c1CC[C@H]2N.Cl. The number of halogens is 1. The van der Waals surface area contributed by atoms with Crippen LogP contribution in [0.3, 0.4) is 0 Å². The van der Waals surface area contributed by atoms with Gasteiger partial charge in [-0.25, -0.2) is 0 Å². The fourth-order valence-corrected chi connectivity index (χ4v) is 1.87. The maximum Gasteiger partial charge on any atom is 0.0300 e. The molecule has 0 heterocycles. The lowest BCUT2D eigenvalue weighted by molar-refractivity contribution is 0.713. The molecule has 1 aromatic carbocycles. The van der Waals surface area contributed by atoms with Crippen LogP contribution in [0.5, 0.6) is 0 Å². The van der Waals surface area contributed by atoms with Gasteiger partial charge in [-0.2, -0.15) is 0 Å². The Morgan fingerprint density at radius 3 is 2.83 bits per heavy atom. The summed E-state index contributed by atoms with van der Waals surface area (Å²) in [6.45, 7) is 2.16. The monoisotopic (exact) mass is 183 g/mol. The minimum Gasteiger partial charge on any atom is -0.324 e. The summed E-state index contributed by atoms with van der Waals surface area (Å²) in [5.41, 5.74) is 10.2. The number of hydrogen-bond donors (Lipinski definition) is 1. The fourth-order valence-electron chi connectivity index (χ4n) is 1.87. The summed E-state index contributed by atoms with van der Waals surface area (Å²) >= 11 is 0. The van der Waals surface area contributed by atoms with Gasteiger partial charge in [-0.3, -0.25) is 0 Å². The minimum absolute atomic E-state index is 0. The Bertz CT molecular complexity index is 283.